The van der Waals surface area contributed by atoms with E-state index in [1.165, 1.54) is 12.1 Å². The number of benzene rings is 1. The Morgan fingerprint density at radius 3 is 2.76 bits per heavy atom. The number of nitrogens with zero attached hydrogens (tertiary/aromatic N) is 2. The molecule has 2 aliphatic rings. The van der Waals surface area contributed by atoms with E-state index in [4.69, 9.17) is 16.7 Å². The third-order valence-corrected chi connectivity index (χ3v) is 5.15. The first kappa shape index (κ1) is 17.8. The highest BCUT2D eigenvalue weighted by atomic mass is 35.5. The molecule has 2 N–H and O–H groups in total. The Hall–Kier alpha value is -2.02. The van der Waals surface area contributed by atoms with Gasteiger partial charge in [0.05, 0.1) is 10.9 Å². The molecule has 1 aromatic carbocycles. The van der Waals surface area contributed by atoms with E-state index >= 15 is 0 Å². The summed E-state index contributed by atoms with van der Waals surface area (Å²) in [7, 11) is 0. The van der Waals surface area contributed by atoms with E-state index in [2.05, 4.69) is 5.32 Å². The number of piperidine rings is 1. The molecular weight excluding hydrogens is 349 g/mol. The molecular formula is C17H21ClFN3O3. The van der Waals surface area contributed by atoms with Crippen molar-refractivity contribution in [1.29, 1.82) is 0 Å². The van der Waals surface area contributed by atoms with Gasteiger partial charge in [0.15, 0.2) is 0 Å². The Morgan fingerprint density at radius 1 is 1.24 bits per heavy atom. The van der Waals surface area contributed by atoms with Gasteiger partial charge in [-0.2, -0.15) is 0 Å². The molecule has 136 valence electrons. The van der Waals surface area contributed by atoms with Crippen molar-refractivity contribution in [3.63, 3.8) is 0 Å². The molecule has 0 aliphatic carbocycles. The number of likely N-dealkylation sites (tertiary alicyclic amines) is 1. The van der Waals surface area contributed by atoms with Gasteiger partial charge in [-0.1, -0.05) is 11.6 Å². The molecule has 0 spiro atoms. The summed E-state index contributed by atoms with van der Waals surface area (Å²) in [5.74, 6) is -1.80. The van der Waals surface area contributed by atoms with Crippen molar-refractivity contribution in [3.8, 4) is 0 Å². The van der Waals surface area contributed by atoms with Crippen LogP contribution in [0.25, 0.3) is 0 Å². The Bertz CT molecular complexity index is 673. The normalized spacial score (nSPS) is 23.6. The predicted molar refractivity (Wildman–Crippen MR) is 92.5 cm³/mol. The SMILES string of the molecule is O=C(O)C1CCCN(C(=O)NC2CCN(c3ccc(Cl)c(F)c3)C2)C1. The highest BCUT2D eigenvalue weighted by Crippen LogP contribution is 2.25. The summed E-state index contributed by atoms with van der Waals surface area (Å²) in [6.07, 6.45) is 2.07. The smallest absolute Gasteiger partial charge is 0.317 e. The van der Waals surface area contributed by atoms with Crippen LogP contribution in [0, 0.1) is 11.7 Å². The summed E-state index contributed by atoms with van der Waals surface area (Å²) in [6, 6.07) is 4.42. The molecule has 1 aromatic rings. The van der Waals surface area contributed by atoms with Crippen LogP contribution in [-0.2, 0) is 4.79 Å². The third kappa shape index (κ3) is 4.15. The maximum atomic E-state index is 13.6. The largest absolute Gasteiger partial charge is 0.481 e. The van der Waals surface area contributed by atoms with Crippen molar-refractivity contribution < 1.29 is 19.1 Å². The summed E-state index contributed by atoms with van der Waals surface area (Å²) >= 11 is 5.71. The second-order valence-electron chi connectivity index (χ2n) is 6.60. The van der Waals surface area contributed by atoms with Gasteiger partial charge >= 0.3 is 12.0 Å². The van der Waals surface area contributed by atoms with E-state index in [0.717, 1.165) is 12.1 Å². The van der Waals surface area contributed by atoms with E-state index in [1.54, 1.807) is 11.0 Å². The van der Waals surface area contributed by atoms with Crippen molar-refractivity contribution in [1.82, 2.24) is 10.2 Å². The fraction of sp³-hybridized carbons (Fsp3) is 0.529. The molecule has 2 heterocycles. The first-order chi connectivity index (χ1) is 11.9. The number of aliphatic carboxylic acids is 1. The van der Waals surface area contributed by atoms with E-state index in [0.29, 0.717) is 32.5 Å². The van der Waals surface area contributed by atoms with Crippen LogP contribution in [-0.4, -0.2) is 54.2 Å². The first-order valence-corrected chi connectivity index (χ1v) is 8.80. The minimum absolute atomic E-state index is 0.0450. The molecule has 0 radical (unpaired) electrons. The van der Waals surface area contributed by atoms with Gasteiger partial charge < -0.3 is 20.2 Å². The molecule has 0 saturated carbocycles. The lowest BCUT2D eigenvalue weighted by Gasteiger charge is -2.31. The molecule has 0 bridgehead atoms. The number of carbonyl (C=O) groups excluding carboxylic acids is 1. The lowest BCUT2D eigenvalue weighted by molar-refractivity contribution is -0.143. The predicted octanol–water partition coefficient (Wildman–Crippen LogP) is 2.56. The van der Waals surface area contributed by atoms with Crippen LogP contribution in [0.15, 0.2) is 18.2 Å². The molecule has 2 fully saturated rings. The zero-order valence-electron chi connectivity index (χ0n) is 13.8. The number of amides is 2. The number of anilines is 1. The van der Waals surface area contributed by atoms with Crippen molar-refractivity contribution in [3.05, 3.63) is 29.0 Å². The molecule has 25 heavy (non-hydrogen) atoms. The number of nitrogens with one attached hydrogen (secondary N) is 1. The molecule has 0 aromatic heterocycles. The fourth-order valence-corrected chi connectivity index (χ4v) is 3.54. The molecule has 2 amide bonds. The van der Waals surface area contributed by atoms with Crippen molar-refractivity contribution >= 4 is 29.3 Å². The molecule has 2 saturated heterocycles. The Kier molecular flexibility index (Phi) is 5.32. The standard InChI is InChI=1S/C17H21ClFN3O3/c18-14-4-3-13(8-15(14)19)21-7-5-12(10-21)20-17(25)22-6-1-2-11(9-22)16(23)24/h3-4,8,11-12H,1-2,5-7,9-10H2,(H,20,25)(H,23,24). The lowest BCUT2D eigenvalue weighted by Crippen LogP contribution is -2.50. The molecule has 3 rings (SSSR count). The summed E-state index contributed by atoms with van der Waals surface area (Å²) in [6.45, 7) is 2.13. The van der Waals surface area contributed by atoms with Crippen LogP contribution in [0.2, 0.25) is 5.02 Å². The van der Waals surface area contributed by atoms with Gasteiger partial charge in [0.1, 0.15) is 5.82 Å². The Balaban J connectivity index is 1.54. The lowest BCUT2D eigenvalue weighted by atomic mass is 9.99. The van der Waals surface area contributed by atoms with Gasteiger partial charge in [-0.15, -0.1) is 0 Å². The van der Waals surface area contributed by atoms with Gasteiger partial charge in [-0.3, -0.25) is 4.79 Å². The van der Waals surface area contributed by atoms with Gasteiger partial charge in [0, 0.05) is 37.9 Å². The van der Waals surface area contributed by atoms with E-state index < -0.39 is 17.7 Å². The van der Waals surface area contributed by atoms with Gasteiger partial charge in [-0.05, 0) is 37.5 Å². The van der Waals surface area contributed by atoms with Crippen molar-refractivity contribution in [2.45, 2.75) is 25.3 Å². The monoisotopic (exact) mass is 369 g/mol. The molecule has 2 aliphatic heterocycles. The van der Waals surface area contributed by atoms with E-state index in [-0.39, 0.29) is 23.6 Å². The van der Waals surface area contributed by atoms with Crippen LogP contribution in [0.5, 0.6) is 0 Å². The number of hydrogen-bond acceptors (Lipinski definition) is 3. The number of urea groups is 1. The summed E-state index contributed by atoms with van der Waals surface area (Å²) in [5.41, 5.74) is 0.738. The second-order valence-corrected chi connectivity index (χ2v) is 7.01. The van der Waals surface area contributed by atoms with Gasteiger partial charge in [-0.25, -0.2) is 9.18 Å². The molecule has 2 unspecified atom stereocenters. The Morgan fingerprint density at radius 2 is 2.04 bits per heavy atom. The molecule has 8 heteroatoms. The quantitative estimate of drug-likeness (QED) is 0.858. The first-order valence-electron chi connectivity index (χ1n) is 8.42. The van der Waals surface area contributed by atoms with Gasteiger partial charge in [0.25, 0.3) is 0 Å². The van der Waals surface area contributed by atoms with E-state index in [9.17, 15) is 14.0 Å². The highest BCUT2D eigenvalue weighted by Gasteiger charge is 2.31. The van der Waals surface area contributed by atoms with Crippen molar-refractivity contribution in [2.75, 3.05) is 31.1 Å². The maximum absolute atomic E-state index is 13.6. The number of carboxylic acids is 1. The Labute approximate surface area is 150 Å². The minimum Gasteiger partial charge on any atom is -0.481 e. The topological polar surface area (TPSA) is 72.9 Å². The van der Waals surface area contributed by atoms with Crippen LogP contribution >= 0.6 is 11.6 Å². The van der Waals surface area contributed by atoms with Crippen LogP contribution < -0.4 is 10.2 Å². The average molecular weight is 370 g/mol. The molecule has 6 nitrogen and oxygen atoms in total. The minimum atomic E-state index is -0.852. The van der Waals surface area contributed by atoms with Crippen LogP contribution in [0.4, 0.5) is 14.9 Å². The number of carboxylic acid groups (broad SMARTS) is 1. The summed E-state index contributed by atoms with van der Waals surface area (Å²) < 4.78 is 13.6. The average Bonchev–Trinajstić information content (AvgIpc) is 3.06. The zero-order valence-corrected chi connectivity index (χ0v) is 14.5. The van der Waals surface area contributed by atoms with Gasteiger partial charge in [0.2, 0.25) is 0 Å². The second kappa shape index (κ2) is 7.47. The number of hydrogen-bond donors (Lipinski definition) is 2. The molecule has 2 atom stereocenters. The summed E-state index contributed by atoms with van der Waals surface area (Å²) in [5, 5.41) is 12.2. The summed E-state index contributed by atoms with van der Waals surface area (Å²) in [4.78, 5) is 27.1. The number of carbonyl (C=O) groups is 2. The van der Waals surface area contributed by atoms with Crippen molar-refractivity contribution in [2.24, 2.45) is 5.92 Å². The van der Waals surface area contributed by atoms with Crippen LogP contribution in [0.1, 0.15) is 19.3 Å². The third-order valence-electron chi connectivity index (χ3n) is 4.84. The number of rotatable bonds is 3. The zero-order chi connectivity index (χ0) is 18.0. The maximum Gasteiger partial charge on any atom is 0.317 e. The highest BCUT2D eigenvalue weighted by molar-refractivity contribution is 6.30. The number of halogens is 2. The fourth-order valence-electron chi connectivity index (χ4n) is 3.42. The van der Waals surface area contributed by atoms with E-state index in [1.807, 2.05) is 4.90 Å². The van der Waals surface area contributed by atoms with Crippen LogP contribution in [0.3, 0.4) is 0 Å².